The van der Waals surface area contributed by atoms with Gasteiger partial charge in [-0.3, -0.25) is 4.79 Å². The minimum absolute atomic E-state index is 0.156. The third-order valence-corrected chi connectivity index (χ3v) is 7.82. The van der Waals surface area contributed by atoms with Gasteiger partial charge in [-0.05, 0) is 55.9 Å². The third-order valence-electron chi connectivity index (χ3n) is 5.77. The normalized spacial score (nSPS) is 18.1. The van der Waals surface area contributed by atoms with Crippen molar-refractivity contribution in [3.8, 4) is 6.07 Å². The average Bonchev–Trinajstić information content (AvgIpc) is 3.30. The van der Waals surface area contributed by atoms with Crippen LogP contribution in [0.15, 0.2) is 23.1 Å². The molecule has 7 nitrogen and oxygen atoms in total. The maximum absolute atomic E-state index is 12.7. The summed E-state index contributed by atoms with van der Waals surface area (Å²) < 4.78 is 26.9. The van der Waals surface area contributed by atoms with Gasteiger partial charge in [0.15, 0.2) is 0 Å². The average molecular weight is 405 g/mol. The highest BCUT2D eigenvalue weighted by Crippen LogP contribution is 2.32. The van der Waals surface area contributed by atoms with Crippen molar-refractivity contribution >= 4 is 21.6 Å². The number of fused-ring (bicyclic) bond motifs is 1. The van der Waals surface area contributed by atoms with E-state index in [0.717, 1.165) is 24.1 Å². The van der Waals surface area contributed by atoms with Crippen LogP contribution in [0.2, 0.25) is 0 Å². The molecule has 0 saturated heterocycles. The number of amides is 1. The predicted molar refractivity (Wildman–Crippen MR) is 107 cm³/mol. The van der Waals surface area contributed by atoms with Crippen LogP contribution in [0, 0.1) is 11.3 Å². The largest absolute Gasteiger partial charge is 0.362 e. The highest BCUT2D eigenvalue weighted by molar-refractivity contribution is 7.89. The zero-order valence-corrected chi connectivity index (χ0v) is 17.4. The molecule has 1 aliphatic heterocycles. The quantitative estimate of drug-likeness (QED) is 0.750. The van der Waals surface area contributed by atoms with Gasteiger partial charge in [0.1, 0.15) is 5.54 Å². The fourth-order valence-corrected chi connectivity index (χ4v) is 5.72. The lowest BCUT2D eigenvalue weighted by Gasteiger charge is -2.25. The second-order valence-corrected chi connectivity index (χ2v) is 9.44. The molecule has 1 aromatic carbocycles. The molecule has 0 atom stereocenters. The van der Waals surface area contributed by atoms with Crippen molar-refractivity contribution < 1.29 is 13.2 Å². The number of anilines is 1. The molecule has 1 aromatic rings. The smallest absolute Gasteiger partial charge is 0.243 e. The minimum Gasteiger partial charge on any atom is -0.362 e. The molecule has 8 heteroatoms. The molecule has 1 amide bonds. The highest BCUT2D eigenvalue weighted by Gasteiger charge is 2.36. The van der Waals surface area contributed by atoms with Gasteiger partial charge in [-0.2, -0.15) is 9.57 Å². The second kappa shape index (κ2) is 8.10. The van der Waals surface area contributed by atoms with Gasteiger partial charge in [-0.15, -0.1) is 0 Å². The lowest BCUT2D eigenvalue weighted by molar-refractivity contribution is -0.121. The fourth-order valence-electron chi connectivity index (χ4n) is 4.21. The molecule has 1 N–H and O–H groups in total. The Kier molecular flexibility index (Phi) is 5.96. The van der Waals surface area contributed by atoms with E-state index in [1.165, 1.54) is 4.31 Å². The molecule has 1 aliphatic carbocycles. The number of hydrogen-bond acceptors (Lipinski definition) is 5. The van der Waals surface area contributed by atoms with Gasteiger partial charge in [-0.1, -0.05) is 13.8 Å². The molecular formula is C20H28N4O3S. The molecule has 0 bridgehead atoms. The van der Waals surface area contributed by atoms with Gasteiger partial charge in [0, 0.05) is 25.3 Å². The summed E-state index contributed by atoms with van der Waals surface area (Å²) in [5.74, 6) is -0.156. The van der Waals surface area contributed by atoms with Crippen molar-refractivity contribution in [2.45, 2.75) is 56.4 Å². The lowest BCUT2D eigenvalue weighted by atomic mass is 10.00. The summed E-state index contributed by atoms with van der Waals surface area (Å²) >= 11 is 0. The predicted octanol–water partition coefficient (Wildman–Crippen LogP) is 2.03. The molecule has 1 saturated carbocycles. The van der Waals surface area contributed by atoms with Gasteiger partial charge in [0.25, 0.3) is 0 Å². The highest BCUT2D eigenvalue weighted by atomic mass is 32.2. The van der Waals surface area contributed by atoms with Crippen molar-refractivity contribution in [3.63, 3.8) is 0 Å². The van der Waals surface area contributed by atoms with E-state index >= 15 is 0 Å². The first-order valence-corrected chi connectivity index (χ1v) is 11.4. The van der Waals surface area contributed by atoms with E-state index in [2.05, 4.69) is 11.4 Å². The molecule has 0 unspecified atom stereocenters. The number of nitrogens with zero attached hydrogens (tertiary/aromatic N) is 3. The molecule has 2 aliphatic rings. The van der Waals surface area contributed by atoms with E-state index in [4.69, 9.17) is 0 Å². The maximum atomic E-state index is 12.7. The van der Waals surface area contributed by atoms with E-state index in [-0.39, 0.29) is 12.5 Å². The van der Waals surface area contributed by atoms with Gasteiger partial charge in [0.2, 0.25) is 15.9 Å². The summed E-state index contributed by atoms with van der Waals surface area (Å²) in [5.41, 5.74) is 1.12. The van der Waals surface area contributed by atoms with Gasteiger partial charge < -0.3 is 10.2 Å². The number of nitriles is 1. The molecular weight excluding hydrogens is 376 g/mol. The number of hydrogen-bond donors (Lipinski definition) is 1. The van der Waals surface area contributed by atoms with Crippen molar-refractivity contribution in [1.82, 2.24) is 9.62 Å². The summed E-state index contributed by atoms with van der Waals surface area (Å²) in [6, 6.07) is 7.42. The molecule has 0 radical (unpaired) electrons. The number of rotatable bonds is 7. The van der Waals surface area contributed by atoms with Crippen molar-refractivity contribution in [3.05, 3.63) is 23.8 Å². The monoisotopic (exact) mass is 404 g/mol. The molecule has 1 fully saturated rings. The third kappa shape index (κ3) is 3.87. The lowest BCUT2D eigenvalue weighted by Crippen LogP contribution is -2.48. The van der Waals surface area contributed by atoms with Crippen LogP contribution < -0.4 is 10.2 Å². The Bertz CT molecular complexity index is 881. The molecule has 0 spiro atoms. The molecule has 1 heterocycles. The van der Waals surface area contributed by atoms with Crippen LogP contribution in [0.1, 0.15) is 45.1 Å². The van der Waals surface area contributed by atoms with Gasteiger partial charge in [-0.25, -0.2) is 8.42 Å². The van der Waals surface area contributed by atoms with Crippen LogP contribution in [0.3, 0.4) is 0 Å². The Hall–Kier alpha value is -2.11. The molecule has 0 aromatic heterocycles. The van der Waals surface area contributed by atoms with Gasteiger partial charge >= 0.3 is 0 Å². The summed E-state index contributed by atoms with van der Waals surface area (Å²) in [6.07, 6.45) is 4.04. The van der Waals surface area contributed by atoms with Crippen molar-refractivity contribution in [2.24, 2.45) is 0 Å². The summed E-state index contributed by atoms with van der Waals surface area (Å²) in [5, 5.41) is 12.4. The first-order chi connectivity index (χ1) is 13.3. The van der Waals surface area contributed by atoms with Crippen LogP contribution in [0.25, 0.3) is 0 Å². The van der Waals surface area contributed by atoms with Crippen molar-refractivity contribution in [1.29, 1.82) is 5.26 Å². The van der Waals surface area contributed by atoms with E-state index in [0.29, 0.717) is 43.8 Å². The zero-order valence-electron chi connectivity index (χ0n) is 16.6. The van der Waals surface area contributed by atoms with Crippen LogP contribution in [0.5, 0.6) is 0 Å². The SMILES string of the molecule is CCN(CC)S(=O)(=O)c1ccc2c(c1)CCN2CC(=O)NC1(C#N)CCCC1. The molecule has 28 heavy (non-hydrogen) atoms. The summed E-state index contributed by atoms with van der Waals surface area (Å²) in [7, 11) is -3.49. The molecule has 152 valence electrons. The Balaban J connectivity index is 1.73. The second-order valence-electron chi connectivity index (χ2n) is 7.50. The standard InChI is InChI=1S/C20H28N4O3S/c1-3-24(4-2)28(26,27)17-7-8-18-16(13-17)9-12-23(18)14-19(25)22-20(15-21)10-5-6-11-20/h7-8,13H,3-6,9-12,14H2,1-2H3,(H,22,25). The van der Waals surface area contributed by atoms with Crippen LogP contribution >= 0.6 is 0 Å². The number of carbonyl (C=O) groups excluding carboxylic acids is 1. The first kappa shape index (κ1) is 20.6. The topological polar surface area (TPSA) is 93.5 Å². The van der Waals surface area contributed by atoms with Crippen LogP contribution in [-0.4, -0.2) is 50.3 Å². The Labute approximate surface area is 167 Å². The number of sulfonamides is 1. The Morgan fingerprint density at radius 2 is 1.96 bits per heavy atom. The maximum Gasteiger partial charge on any atom is 0.243 e. The number of nitrogens with one attached hydrogen (secondary N) is 1. The fraction of sp³-hybridized carbons (Fsp3) is 0.600. The molecule has 3 rings (SSSR count). The van der Waals surface area contributed by atoms with Crippen molar-refractivity contribution in [2.75, 3.05) is 31.1 Å². The zero-order chi connectivity index (χ0) is 20.4. The Morgan fingerprint density at radius 3 is 2.57 bits per heavy atom. The van der Waals surface area contributed by atoms with Gasteiger partial charge in [0.05, 0.1) is 17.5 Å². The minimum atomic E-state index is -3.49. The Morgan fingerprint density at radius 1 is 1.29 bits per heavy atom. The van der Waals surface area contributed by atoms with E-state index in [1.807, 2.05) is 18.7 Å². The number of benzene rings is 1. The summed E-state index contributed by atoms with van der Waals surface area (Å²) in [4.78, 5) is 14.8. The van der Waals surface area contributed by atoms with E-state index in [1.54, 1.807) is 18.2 Å². The summed E-state index contributed by atoms with van der Waals surface area (Å²) in [6.45, 7) is 5.36. The first-order valence-electron chi connectivity index (χ1n) is 9.95. The van der Waals surface area contributed by atoms with E-state index < -0.39 is 15.6 Å². The number of carbonyl (C=O) groups is 1. The van der Waals surface area contributed by atoms with E-state index in [9.17, 15) is 18.5 Å². The van der Waals surface area contributed by atoms with Crippen LogP contribution in [0.4, 0.5) is 5.69 Å². The van der Waals surface area contributed by atoms with Crippen LogP contribution in [-0.2, 0) is 21.2 Å².